The first-order valence-corrected chi connectivity index (χ1v) is 8.53. The van der Waals surface area contributed by atoms with Crippen LogP contribution < -0.4 is 16.0 Å². The van der Waals surface area contributed by atoms with Crippen molar-refractivity contribution in [3.05, 3.63) is 41.6 Å². The van der Waals surface area contributed by atoms with Crippen LogP contribution in [0.2, 0.25) is 0 Å². The van der Waals surface area contributed by atoms with Gasteiger partial charge in [0.25, 0.3) is 0 Å². The Morgan fingerprint density at radius 2 is 1.96 bits per heavy atom. The Morgan fingerprint density at radius 1 is 1.04 bits per heavy atom. The van der Waals surface area contributed by atoms with E-state index in [-0.39, 0.29) is 0 Å². The standard InChI is InChI=1S/C18H23N5/c1-2-5-13(6-3-1)17-22-16-12-20-10-8-15(16)18(23-17)21-14-7-4-9-19-11-14/h1-3,5-6,14,19-20H,4,7-12H2,(H,21,22,23)/t14-/m0/s1. The van der Waals surface area contributed by atoms with Gasteiger partial charge in [-0.1, -0.05) is 30.3 Å². The van der Waals surface area contributed by atoms with Crippen molar-refractivity contribution in [2.24, 2.45) is 0 Å². The Morgan fingerprint density at radius 3 is 2.78 bits per heavy atom. The molecule has 1 saturated heterocycles. The summed E-state index contributed by atoms with van der Waals surface area (Å²) < 4.78 is 0. The van der Waals surface area contributed by atoms with Crippen LogP contribution in [0, 0.1) is 0 Å². The molecule has 0 aliphatic carbocycles. The van der Waals surface area contributed by atoms with Gasteiger partial charge in [0.05, 0.1) is 5.69 Å². The zero-order valence-corrected chi connectivity index (χ0v) is 13.3. The Labute approximate surface area is 136 Å². The van der Waals surface area contributed by atoms with Crippen molar-refractivity contribution >= 4 is 5.82 Å². The highest BCUT2D eigenvalue weighted by atomic mass is 15.1. The Kier molecular flexibility index (Phi) is 4.22. The van der Waals surface area contributed by atoms with Crippen LogP contribution >= 0.6 is 0 Å². The average Bonchev–Trinajstić information content (AvgIpc) is 2.63. The molecule has 23 heavy (non-hydrogen) atoms. The number of nitrogens with one attached hydrogen (secondary N) is 3. The molecule has 0 unspecified atom stereocenters. The maximum atomic E-state index is 4.87. The fourth-order valence-corrected chi connectivity index (χ4v) is 3.36. The van der Waals surface area contributed by atoms with Crippen molar-refractivity contribution in [1.82, 2.24) is 20.6 Å². The largest absolute Gasteiger partial charge is 0.366 e. The number of piperidine rings is 1. The number of hydrogen-bond donors (Lipinski definition) is 3. The molecule has 1 aromatic heterocycles. The SMILES string of the molecule is c1ccc(-c2nc3c(c(N[C@H]4CCCNC4)n2)CCNC3)cc1. The summed E-state index contributed by atoms with van der Waals surface area (Å²) in [5, 5.41) is 10.6. The first-order valence-electron chi connectivity index (χ1n) is 8.53. The molecule has 0 bridgehead atoms. The van der Waals surface area contributed by atoms with Gasteiger partial charge in [0.15, 0.2) is 5.82 Å². The molecule has 2 aromatic rings. The van der Waals surface area contributed by atoms with Crippen LogP contribution in [0.5, 0.6) is 0 Å². The molecule has 120 valence electrons. The maximum Gasteiger partial charge on any atom is 0.161 e. The number of benzene rings is 1. The maximum absolute atomic E-state index is 4.87. The summed E-state index contributed by atoms with van der Waals surface area (Å²) in [4.78, 5) is 9.68. The molecule has 1 fully saturated rings. The number of anilines is 1. The summed E-state index contributed by atoms with van der Waals surface area (Å²) in [7, 11) is 0. The molecule has 5 heteroatoms. The number of aromatic nitrogens is 2. The average molecular weight is 309 g/mol. The van der Waals surface area contributed by atoms with E-state index in [0.717, 1.165) is 55.5 Å². The lowest BCUT2D eigenvalue weighted by atomic mass is 10.0. The van der Waals surface area contributed by atoms with Crippen LogP contribution in [0.25, 0.3) is 11.4 Å². The summed E-state index contributed by atoms with van der Waals surface area (Å²) >= 11 is 0. The molecule has 0 saturated carbocycles. The predicted octanol–water partition coefficient (Wildman–Crippen LogP) is 1.95. The normalized spacial score (nSPS) is 20.8. The van der Waals surface area contributed by atoms with E-state index < -0.39 is 0 Å². The molecule has 2 aliphatic heterocycles. The Hall–Kier alpha value is -1.98. The van der Waals surface area contributed by atoms with Gasteiger partial charge in [-0.2, -0.15) is 0 Å². The van der Waals surface area contributed by atoms with Crippen molar-refractivity contribution < 1.29 is 0 Å². The highest BCUT2D eigenvalue weighted by Crippen LogP contribution is 2.26. The van der Waals surface area contributed by atoms with Crippen molar-refractivity contribution in [3.8, 4) is 11.4 Å². The minimum absolute atomic E-state index is 0.459. The highest BCUT2D eigenvalue weighted by Gasteiger charge is 2.21. The quantitative estimate of drug-likeness (QED) is 0.809. The van der Waals surface area contributed by atoms with Crippen LogP contribution in [-0.4, -0.2) is 35.6 Å². The number of hydrogen-bond acceptors (Lipinski definition) is 5. The second kappa shape index (κ2) is 6.64. The molecule has 4 rings (SSSR count). The van der Waals surface area contributed by atoms with Gasteiger partial charge >= 0.3 is 0 Å². The Balaban J connectivity index is 1.70. The summed E-state index contributed by atoms with van der Waals surface area (Å²) in [6.07, 6.45) is 3.41. The predicted molar refractivity (Wildman–Crippen MR) is 92.4 cm³/mol. The van der Waals surface area contributed by atoms with Gasteiger partial charge in [0.2, 0.25) is 0 Å². The molecular weight excluding hydrogens is 286 g/mol. The second-order valence-corrected chi connectivity index (χ2v) is 6.30. The summed E-state index contributed by atoms with van der Waals surface area (Å²) in [5.74, 6) is 1.85. The molecular formula is C18H23N5. The third-order valence-corrected chi connectivity index (χ3v) is 4.61. The van der Waals surface area contributed by atoms with Gasteiger partial charge in [-0.3, -0.25) is 0 Å². The van der Waals surface area contributed by atoms with E-state index in [9.17, 15) is 0 Å². The smallest absolute Gasteiger partial charge is 0.161 e. The number of nitrogens with zero attached hydrogens (tertiary/aromatic N) is 2. The number of rotatable bonds is 3. The molecule has 0 amide bonds. The third kappa shape index (κ3) is 3.21. The second-order valence-electron chi connectivity index (χ2n) is 6.30. The van der Waals surface area contributed by atoms with Crippen LogP contribution in [-0.2, 0) is 13.0 Å². The van der Waals surface area contributed by atoms with Crippen molar-refractivity contribution in [2.75, 3.05) is 25.0 Å². The fraction of sp³-hybridized carbons (Fsp3) is 0.444. The van der Waals surface area contributed by atoms with Crippen LogP contribution in [0.3, 0.4) is 0 Å². The molecule has 3 heterocycles. The molecule has 0 spiro atoms. The van der Waals surface area contributed by atoms with E-state index in [4.69, 9.17) is 9.97 Å². The van der Waals surface area contributed by atoms with Gasteiger partial charge in [0, 0.05) is 30.3 Å². The fourth-order valence-electron chi connectivity index (χ4n) is 3.36. The molecule has 1 aromatic carbocycles. The third-order valence-electron chi connectivity index (χ3n) is 4.61. The summed E-state index contributed by atoms with van der Waals surface area (Å²) in [6.45, 7) is 3.96. The van der Waals surface area contributed by atoms with Crippen LogP contribution in [0.1, 0.15) is 24.1 Å². The first kappa shape index (κ1) is 14.6. The Bertz CT molecular complexity index is 665. The minimum Gasteiger partial charge on any atom is -0.366 e. The van der Waals surface area contributed by atoms with Crippen molar-refractivity contribution in [3.63, 3.8) is 0 Å². The topological polar surface area (TPSA) is 61.9 Å². The molecule has 5 nitrogen and oxygen atoms in total. The van der Waals surface area contributed by atoms with E-state index >= 15 is 0 Å². The lowest BCUT2D eigenvalue weighted by Gasteiger charge is -2.27. The van der Waals surface area contributed by atoms with E-state index in [1.807, 2.05) is 18.2 Å². The molecule has 1 atom stereocenters. The van der Waals surface area contributed by atoms with Crippen LogP contribution in [0.4, 0.5) is 5.82 Å². The van der Waals surface area contributed by atoms with E-state index in [1.165, 1.54) is 18.4 Å². The molecule has 2 aliphatic rings. The van der Waals surface area contributed by atoms with Gasteiger partial charge in [0.1, 0.15) is 5.82 Å². The van der Waals surface area contributed by atoms with Gasteiger partial charge in [-0.25, -0.2) is 9.97 Å². The lowest BCUT2D eigenvalue weighted by molar-refractivity contribution is 0.478. The van der Waals surface area contributed by atoms with E-state index in [1.54, 1.807) is 0 Å². The monoisotopic (exact) mass is 309 g/mol. The summed E-state index contributed by atoms with van der Waals surface area (Å²) in [5.41, 5.74) is 3.50. The molecule has 0 radical (unpaired) electrons. The van der Waals surface area contributed by atoms with Crippen molar-refractivity contribution in [2.45, 2.75) is 31.8 Å². The van der Waals surface area contributed by atoms with Gasteiger partial charge in [-0.05, 0) is 32.4 Å². The molecule has 3 N–H and O–H groups in total. The number of fused-ring (bicyclic) bond motifs is 1. The summed E-state index contributed by atoms with van der Waals surface area (Å²) in [6, 6.07) is 10.7. The zero-order chi connectivity index (χ0) is 15.5. The van der Waals surface area contributed by atoms with Gasteiger partial charge in [-0.15, -0.1) is 0 Å². The highest BCUT2D eigenvalue weighted by molar-refractivity contribution is 5.60. The minimum atomic E-state index is 0.459. The first-order chi connectivity index (χ1) is 11.4. The van der Waals surface area contributed by atoms with Gasteiger partial charge < -0.3 is 16.0 Å². The van der Waals surface area contributed by atoms with Crippen molar-refractivity contribution in [1.29, 1.82) is 0 Å². The van der Waals surface area contributed by atoms with E-state index in [0.29, 0.717) is 6.04 Å². The lowest BCUT2D eigenvalue weighted by Crippen LogP contribution is -2.39. The zero-order valence-electron chi connectivity index (χ0n) is 13.3. The van der Waals surface area contributed by atoms with Crippen LogP contribution in [0.15, 0.2) is 30.3 Å². The van der Waals surface area contributed by atoms with E-state index in [2.05, 4.69) is 28.1 Å².